The molecule has 1 N–H and O–H groups in total. The fourth-order valence-electron chi connectivity index (χ4n) is 2.68. The molecule has 3 aromatic carbocycles. The predicted octanol–water partition coefficient (Wildman–Crippen LogP) is 4.90. The quantitative estimate of drug-likeness (QED) is 0.671. The number of carbonyl (C=O) groups excluding carboxylic acids is 1. The molecular weight excluding hydrogens is 362 g/mol. The number of nitrogens with one attached hydrogen (secondary N) is 1. The number of rotatable bonds is 5. The van der Waals surface area contributed by atoms with Gasteiger partial charge in [-0.15, -0.1) is 0 Å². The van der Waals surface area contributed by atoms with Gasteiger partial charge in [0.05, 0.1) is 5.92 Å². The van der Waals surface area contributed by atoms with Crippen molar-refractivity contribution in [1.29, 1.82) is 0 Å². The van der Waals surface area contributed by atoms with Gasteiger partial charge in [0, 0.05) is 11.0 Å². The van der Waals surface area contributed by atoms with E-state index in [4.69, 9.17) is 0 Å². The largest absolute Gasteiger partial charge is 0.351 e. The molecule has 1 amide bonds. The summed E-state index contributed by atoms with van der Waals surface area (Å²) in [5.74, 6) is -0.293. The summed E-state index contributed by atoms with van der Waals surface area (Å²) in [4.78, 5) is 12.9. The minimum atomic E-state index is -0.303. The maximum atomic E-state index is 12.9. The van der Waals surface area contributed by atoms with Crippen LogP contribution in [0, 0.1) is 0 Å². The average molecular weight is 380 g/mol. The highest BCUT2D eigenvalue weighted by molar-refractivity contribution is 9.10. The van der Waals surface area contributed by atoms with Crippen molar-refractivity contribution in [2.45, 2.75) is 12.5 Å². The summed E-state index contributed by atoms with van der Waals surface area (Å²) < 4.78 is 1.03. The van der Waals surface area contributed by atoms with Gasteiger partial charge < -0.3 is 5.32 Å². The number of carbonyl (C=O) groups is 1. The molecule has 0 heterocycles. The maximum Gasteiger partial charge on any atom is 0.232 e. The molecule has 2 nitrogen and oxygen atoms in total. The maximum absolute atomic E-state index is 12.9. The molecule has 0 atom stereocenters. The van der Waals surface area contributed by atoms with E-state index in [1.165, 1.54) is 0 Å². The summed E-state index contributed by atoms with van der Waals surface area (Å²) in [6.07, 6.45) is 0. The lowest BCUT2D eigenvalue weighted by atomic mass is 9.90. The van der Waals surface area contributed by atoms with Crippen molar-refractivity contribution in [3.63, 3.8) is 0 Å². The van der Waals surface area contributed by atoms with E-state index >= 15 is 0 Å². The summed E-state index contributed by atoms with van der Waals surface area (Å²) in [5.41, 5.74) is 3.07. The molecule has 0 unspecified atom stereocenters. The van der Waals surface area contributed by atoms with Crippen molar-refractivity contribution in [2.75, 3.05) is 0 Å². The number of amides is 1. The van der Waals surface area contributed by atoms with Gasteiger partial charge in [0.15, 0.2) is 0 Å². The lowest BCUT2D eigenvalue weighted by Gasteiger charge is -2.18. The van der Waals surface area contributed by atoms with Crippen LogP contribution in [0.3, 0.4) is 0 Å². The smallest absolute Gasteiger partial charge is 0.232 e. The Morgan fingerprint density at radius 2 is 1.29 bits per heavy atom. The Labute approximate surface area is 150 Å². The second-order valence-corrected chi connectivity index (χ2v) is 6.51. The Bertz CT molecular complexity index is 746. The van der Waals surface area contributed by atoms with Crippen LogP contribution in [0.5, 0.6) is 0 Å². The molecule has 0 fully saturated rings. The van der Waals surface area contributed by atoms with Gasteiger partial charge in [-0.1, -0.05) is 88.7 Å². The molecule has 0 aliphatic carbocycles. The lowest BCUT2D eigenvalue weighted by molar-refractivity contribution is -0.121. The molecule has 0 radical (unpaired) electrons. The Balaban J connectivity index is 1.80. The van der Waals surface area contributed by atoms with Gasteiger partial charge in [-0.25, -0.2) is 0 Å². The first kappa shape index (κ1) is 16.5. The van der Waals surface area contributed by atoms with Crippen molar-refractivity contribution in [1.82, 2.24) is 5.32 Å². The molecule has 3 aromatic rings. The van der Waals surface area contributed by atoms with E-state index < -0.39 is 0 Å². The Hall–Kier alpha value is -2.39. The van der Waals surface area contributed by atoms with E-state index in [2.05, 4.69) is 21.2 Å². The van der Waals surface area contributed by atoms with E-state index in [0.717, 1.165) is 21.2 Å². The SMILES string of the molecule is O=C(NCc1ccc(Br)cc1)C(c1ccccc1)c1ccccc1. The van der Waals surface area contributed by atoms with E-state index in [1.54, 1.807) is 0 Å². The summed E-state index contributed by atoms with van der Waals surface area (Å²) in [7, 11) is 0. The highest BCUT2D eigenvalue weighted by atomic mass is 79.9. The zero-order valence-corrected chi connectivity index (χ0v) is 14.7. The standard InChI is InChI=1S/C21H18BrNO/c22-19-13-11-16(12-14-19)15-23-21(24)20(17-7-3-1-4-8-17)18-9-5-2-6-10-18/h1-14,20H,15H2,(H,23,24). The zero-order valence-electron chi connectivity index (χ0n) is 13.2. The third kappa shape index (κ3) is 4.12. The summed E-state index contributed by atoms with van der Waals surface area (Å²) in [6, 6.07) is 27.7. The van der Waals surface area contributed by atoms with Gasteiger partial charge in [-0.3, -0.25) is 4.79 Å². The van der Waals surface area contributed by atoms with Crippen molar-refractivity contribution in [3.8, 4) is 0 Å². The monoisotopic (exact) mass is 379 g/mol. The Morgan fingerprint density at radius 1 is 0.792 bits per heavy atom. The van der Waals surface area contributed by atoms with Gasteiger partial charge in [0.1, 0.15) is 0 Å². The number of benzene rings is 3. The van der Waals surface area contributed by atoms with Crippen molar-refractivity contribution < 1.29 is 4.79 Å². The van der Waals surface area contributed by atoms with Gasteiger partial charge in [0.25, 0.3) is 0 Å². The van der Waals surface area contributed by atoms with Crippen LogP contribution in [0.25, 0.3) is 0 Å². The van der Waals surface area contributed by atoms with Crippen molar-refractivity contribution in [3.05, 3.63) is 106 Å². The number of halogens is 1. The third-order valence-electron chi connectivity index (χ3n) is 3.91. The molecule has 0 spiro atoms. The first-order valence-corrected chi connectivity index (χ1v) is 8.65. The highest BCUT2D eigenvalue weighted by Gasteiger charge is 2.22. The van der Waals surface area contributed by atoms with Crippen LogP contribution in [0.1, 0.15) is 22.6 Å². The van der Waals surface area contributed by atoms with Crippen LogP contribution in [-0.2, 0) is 11.3 Å². The molecule has 0 aromatic heterocycles. The van der Waals surface area contributed by atoms with Crippen molar-refractivity contribution in [2.24, 2.45) is 0 Å². The fourth-order valence-corrected chi connectivity index (χ4v) is 2.94. The van der Waals surface area contributed by atoms with Gasteiger partial charge in [0.2, 0.25) is 5.91 Å². The Morgan fingerprint density at radius 3 is 1.79 bits per heavy atom. The molecule has 0 saturated carbocycles. The molecule has 0 aliphatic rings. The average Bonchev–Trinajstić information content (AvgIpc) is 2.63. The molecule has 24 heavy (non-hydrogen) atoms. The second kappa shape index (κ2) is 7.93. The van der Waals surface area contributed by atoms with Crippen LogP contribution in [0.4, 0.5) is 0 Å². The first-order valence-electron chi connectivity index (χ1n) is 7.86. The highest BCUT2D eigenvalue weighted by Crippen LogP contribution is 2.24. The van der Waals surface area contributed by atoms with Crippen LogP contribution >= 0.6 is 15.9 Å². The van der Waals surface area contributed by atoms with Crippen molar-refractivity contribution >= 4 is 21.8 Å². The summed E-state index contributed by atoms with van der Waals surface area (Å²) in [5, 5.41) is 3.06. The Kier molecular flexibility index (Phi) is 5.44. The van der Waals surface area contributed by atoms with E-state index in [9.17, 15) is 4.79 Å². The first-order chi connectivity index (χ1) is 11.7. The molecule has 3 heteroatoms. The van der Waals surface area contributed by atoms with Crippen LogP contribution < -0.4 is 5.32 Å². The summed E-state index contributed by atoms with van der Waals surface area (Å²) in [6.45, 7) is 0.516. The predicted molar refractivity (Wildman–Crippen MR) is 101 cm³/mol. The normalized spacial score (nSPS) is 10.6. The minimum Gasteiger partial charge on any atom is -0.351 e. The molecule has 0 saturated heterocycles. The van der Waals surface area contributed by atoms with Crippen LogP contribution in [-0.4, -0.2) is 5.91 Å². The zero-order chi connectivity index (χ0) is 16.8. The lowest BCUT2D eigenvalue weighted by Crippen LogP contribution is -2.29. The van der Waals surface area contributed by atoms with Gasteiger partial charge in [-0.2, -0.15) is 0 Å². The van der Waals surface area contributed by atoms with E-state index in [1.807, 2.05) is 84.9 Å². The minimum absolute atomic E-state index is 0.00955. The van der Waals surface area contributed by atoms with Gasteiger partial charge >= 0.3 is 0 Å². The molecule has 3 rings (SSSR count). The topological polar surface area (TPSA) is 29.1 Å². The molecular formula is C21H18BrNO. The molecule has 0 aliphatic heterocycles. The number of hydrogen-bond donors (Lipinski definition) is 1. The fraction of sp³-hybridized carbons (Fsp3) is 0.0952. The van der Waals surface area contributed by atoms with Crippen LogP contribution in [0.15, 0.2) is 89.4 Å². The molecule has 120 valence electrons. The van der Waals surface area contributed by atoms with E-state index in [-0.39, 0.29) is 11.8 Å². The second-order valence-electron chi connectivity index (χ2n) is 5.60. The summed E-state index contributed by atoms with van der Waals surface area (Å²) >= 11 is 3.42. The van der Waals surface area contributed by atoms with E-state index in [0.29, 0.717) is 6.54 Å². The van der Waals surface area contributed by atoms with Gasteiger partial charge in [-0.05, 0) is 28.8 Å². The molecule has 0 bridgehead atoms. The third-order valence-corrected chi connectivity index (χ3v) is 4.44. The number of hydrogen-bond acceptors (Lipinski definition) is 1. The van der Waals surface area contributed by atoms with Crippen LogP contribution in [0.2, 0.25) is 0 Å².